The summed E-state index contributed by atoms with van der Waals surface area (Å²) < 4.78 is 16.2. The second-order valence-electron chi connectivity index (χ2n) is 6.19. The summed E-state index contributed by atoms with van der Waals surface area (Å²) in [7, 11) is 1.36. The predicted molar refractivity (Wildman–Crippen MR) is 81.6 cm³/mol. The smallest absolute Gasteiger partial charge is 0.373 e. The van der Waals surface area contributed by atoms with E-state index in [0.717, 1.165) is 51.3 Å². The molecule has 1 aromatic heterocycles. The van der Waals surface area contributed by atoms with Crippen LogP contribution in [0.15, 0.2) is 28.2 Å². The van der Waals surface area contributed by atoms with E-state index in [2.05, 4.69) is 22.6 Å². The monoisotopic (exact) mass is 305 g/mol. The maximum Gasteiger partial charge on any atom is 0.373 e. The number of carbonyl (C=O) groups is 1. The van der Waals surface area contributed by atoms with Crippen LogP contribution >= 0.6 is 0 Å². The number of rotatable bonds is 3. The Morgan fingerprint density at radius 3 is 2.82 bits per heavy atom. The number of hydrogen-bond donors (Lipinski definition) is 0. The van der Waals surface area contributed by atoms with Gasteiger partial charge in [-0.15, -0.1) is 0 Å². The molecule has 3 rings (SSSR count). The second kappa shape index (κ2) is 6.26. The SMILES string of the molecule is COC(=O)c1ccc(CN2CCC3(C=C(C)CCO3)CC2)o1. The van der Waals surface area contributed by atoms with Gasteiger partial charge in [0.1, 0.15) is 5.76 Å². The summed E-state index contributed by atoms with van der Waals surface area (Å²) in [6.45, 7) is 5.68. The van der Waals surface area contributed by atoms with Gasteiger partial charge in [-0.2, -0.15) is 0 Å². The van der Waals surface area contributed by atoms with Crippen molar-refractivity contribution >= 4 is 5.97 Å². The van der Waals surface area contributed by atoms with Gasteiger partial charge in [0.05, 0.1) is 25.9 Å². The first kappa shape index (κ1) is 15.3. The molecule has 2 aliphatic heterocycles. The van der Waals surface area contributed by atoms with Crippen molar-refractivity contribution in [2.24, 2.45) is 0 Å². The molecule has 0 N–H and O–H groups in total. The van der Waals surface area contributed by atoms with Crippen LogP contribution in [-0.2, 0) is 16.0 Å². The molecule has 0 radical (unpaired) electrons. The molecule has 1 spiro atoms. The Labute approximate surface area is 130 Å². The number of hydrogen-bond acceptors (Lipinski definition) is 5. The fraction of sp³-hybridized carbons (Fsp3) is 0.588. The molecule has 5 nitrogen and oxygen atoms in total. The number of piperidine rings is 1. The molecule has 0 atom stereocenters. The summed E-state index contributed by atoms with van der Waals surface area (Å²) in [6, 6.07) is 3.51. The minimum atomic E-state index is -0.430. The molecule has 120 valence electrons. The molecule has 1 aromatic rings. The first-order valence-electron chi connectivity index (χ1n) is 7.82. The minimum absolute atomic E-state index is 0.0564. The number of carbonyl (C=O) groups excluding carboxylic acids is 1. The predicted octanol–water partition coefficient (Wildman–Crippen LogP) is 2.77. The zero-order chi connectivity index (χ0) is 15.6. The van der Waals surface area contributed by atoms with Crippen molar-refractivity contribution in [3.8, 4) is 0 Å². The molecule has 0 bridgehead atoms. The zero-order valence-corrected chi connectivity index (χ0v) is 13.3. The van der Waals surface area contributed by atoms with Crippen LogP contribution in [0.1, 0.15) is 42.5 Å². The topological polar surface area (TPSA) is 51.9 Å². The van der Waals surface area contributed by atoms with Crippen LogP contribution in [0.5, 0.6) is 0 Å². The van der Waals surface area contributed by atoms with Gasteiger partial charge in [0, 0.05) is 13.1 Å². The highest BCUT2D eigenvalue weighted by atomic mass is 16.5. The lowest BCUT2D eigenvalue weighted by atomic mass is 9.87. The Hall–Kier alpha value is -1.59. The van der Waals surface area contributed by atoms with Gasteiger partial charge in [-0.25, -0.2) is 4.79 Å². The van der Waals surface area contributed by atoms with Gasteiger partial charge < -0.3 is 13.9 Å². The molecule has 0 aromatic carbocycles. The third-order valence-corrected chi connectivity index (χ3v) is 4.53. The van der Waals surface area contributed by atoms with Crippen molar-refractivity contribution < 1.29 is 18.7 Å². The van der Waals surface area contributed by atoms with Gasteiger partial charge in [0.2, 0.25) is 5.76 Å². The van der Waals surface area contributed by atoms with E-state index in [1.165, 1.54) is 12.7 Å². The fourth-order valence-electron chi connectivity index (χ4n) is 3.25. The van der Waals surface area contributed by atoms with Crippen LogP contribution in [0.4, 0.5) is 0 Å². The van der Waals surface area contributed by atoms with Crippen LogP contribution in [0.3, 0.4) is 0 Å². The Bertz CT molecular complexity index is 567. The van der Waals surface area contributed by atoms with Gasteiger partial charge in [-0.05, 0) is 38.3 Å². The molecule has 22 heavy (non-hydrogen) atoms. The van der Waals surface area contributed by atoms with E-state index in [1.807, 2.05) is 6.07 Å². The highest BCUT2D eigenvalue weighted by molar-refractivity contribution is 5.86. The quantitative estimate of drug-likeness (QED) is 0.635. The van der Waals surface area contributed by atoms with Crippen molar-refractivity contribution in [1.29, 1.82) is 0 Å². The number of likely N-dealkylation sites (tertiary alicyclic amines) is 1. The van der Waals surface area contributed by atoms with Crippen molar-refractivity contribution in [2.75, 3.05) is 26.8 Å². The normalized spacial score (nSPS) is 21.6. The highest BCUT2D eigenvalue weighted by Crippen LogP contribution is 2.33. The van der Waals surface area contributed by atoms with Crippen LogP contribution in [0.25, 0.3) is 0 Å². The maximum absolute atomic E-state index is 11.4. The third kappa shape index (κ3) is 3.25. The molecule has 0 saturated carbocycles. The van der Waals surface area contributed by atoms with E-state index in [4.69, 9.17) is 9.15 Å². The van der Waals surface area contributed by atoms with Crippen LogP contribution < -0.4 is 0 Å². The van der Waals surface area contributed by atoms with Crippen LogP contribution in [0, 0.1) is 0 Å². The Morgan fingerprint density at radius 2 is 2.14 bits per heavy atom. The molecule has 1 fully saturated rings. The molecular weight excluding hydrogens is 282 g/mol. The molecule has 3 heterocycles. The van der Waals surface area contributed by atoms with Crippen molar-refractivity contribution in [2.45, 2.75) is 38.3 Å². The Kier molecular flexibility index (Phi) is 4.36. The van der Waals surface area contributed by atoms with Gasteiger partial charge in [-0.3, -0.25) is 4.90 Å². The summed E-state index contributed by atoms with van der Waals surface area (Å²) in [5.74, 6) is 0.632. The largest absolute Gasteiger partial charge is 0.463 e. The number of esters is 1. The van der Waals surface area contributed by atoms with Gasteiger partial charge in [0.25, 0.3) is 0 Å². The number of ether oxygens (including phenoxy) is 2. The van der Waals surface area contributed by atoms with E-state index in [0.29, 0.717) is 0 Å². The fourth-order valence-corrected chi connectivity index (χ4v) is 3.25. The van der Waals surface area contributed by atoms with E-state index >= 15 is 0 Å². The number of methoxy groups -OCH3 is 1. The van der Waals surface area contributed by atoms with E-state index in [-0.39, 0.29) is 11.4 Å². The van der Waals surface area contributed by atoms with Crippen LogP contribution in [-0.4, -0.2) is 43.3 Å². The first-order chi connectivity index (χ1) is 10.6. The average Bonchev–Trinajstić information content (AvgIpc) is 2.97. The molecule has 5 heteroatoms. The summed E-state index contributed by atoms with van der Waals surface area (Å²) in [5.41, 5.74) is 1.38. The second-order valence-corrected chi connectivity index (χ2v) is 6.19. The molecule has 0 unspecified atom stereocenters. The molecule has 1 saturated heterocycles. The van der Waals surface area contributed by atoms with Gasteiger partial charge in [-0.1, -0.05) is 11.6 Å². The Balaban J connectivity index is 1.57. The minimum Gasteiger partial charge on any atom is -0.463 e. The summed E-state index contributed by atoms with van der Waals surface area (Å²) >= 11 is 0. The summed E-state index contributed by atoms with van der Waals surface area (Å²) in [4.78, 5) is 13.7. The lowest BCUT2D eigenvalue weighted by Crippen LogP contribution is -2.46. The van der Waals surface area contributed by atoms with Crippen molar-refractivity contribution in [3.63, 3.8) is 0 Å². The first-order valence-corrected chi connectivity index (χ1v) is 7.82. The third-order valence-electron chi connectivity index (χ3n) is 4.53. The maximum atomic E-state index is 11.4. The van der Waals surface area contributed by atoms with Gasteiger partial charge in [0.15, 0.2) is 0 Å². The Morgan fingerprint density at radius 1 is 1.36 bits per heavy atom. The summed E-state index contributed by atoms with van der Waals surface area (Å²) in [6.07, 6.45) is 5.38. The van der Waals surface area contributed by atoms with Crippen molar-refractivity contribution in [3.05, 3.63) is 35.3 Å². The lowest BCUT2D eigenvalue weighted by Gasteiger charge is -2.42. The van der Waals surface area contributed by atoms with E-state index in [1.54, 1.807) is 6.07 Å². The lowest BCUT2D eigenvalue weighted by molar-refractivity contribution is -0.0584. The van der Waals surface area contributed by atoms with Crippen LogP contribution in [0.2, 0.25) is 0 Å². The standard InChI is InChI=1S/C17H23NO4/c1-13-5-10-21-17(11-13)6-8-18(9-7-17)12-14-3-4-15(22-14)16(19)20-2/h3-4,11H,5-10,12H2,1-2H3. The average molecular weight is 305 g/mol. The molecule has 0 aliphatic carbocycles. The molecular formula is C17H23NO4. The summed E-state index contributed by atoms with van der Waals surface area (Å²) in [5, 5.41) is 0. The van der Waals surface area contributed by atoms with E-state index in [9.17, 15) is 4.79 Å². The number of nitrogens with zero attached hydrogens (tertiary/aromatic N) is 1. The van der Waals surface area contributed by atoms with E-state index < -0.39 is 5.97 Å². The van der Waals surface area contributed by atoms with Gasteiger partial charge >= 0.3 is 5.97 Å². The molecule has 0 amide bonds. The zero-order valence-electron chi connectivity index (χ0n) is 13.3. The molecule has 2 aliphatic rings. The van der Waals surface area contributed by atoms with Crippen molar-refractivity contribution in [1.82, 2.24) is 4.90 Å². The highest BCUT2D eigenvalue weighted by Gasteiger charge is 2.35. The number of furan rings is 1.